The highest BCUT2D eigenvalue weighted by Crippen LogP contribution is 2.45. The number of halogens is 1. The van der Waals surface area contributed by atoms with Crippen LogP contribution in [-0.4, -0.2) is 22.7 Å². The van der Waals surface area contributed by atoms with E-state index in [1.54, 1.807) is 0 Å². The molecule has 1 rings (SSSR count). The molecule has 0 bridgehead atoms. The van der Waals surface area contributed by atoms with Crippen molar-refractivity contribution in [2.45, 2.75) is 19.8 Å². The summed E-state index contributed by atoms with van der Waals surface area (Å²) in [6.07, 6.45) is -0.104. The van der Waals surface area contributed by atoms with Gasteiger partial charge in [0.2, 0.25) is 0 Å². The van der Waals surface area contributed by atoms with Gasteiger partial charge in [-0.05, 0) is 6.07 Å². The molecule has 0 aliphatic carbocycles. The summed E-state index contributed by atoms with van der Waals surface area (Å²) in [5, 5.41) is 10.7. The van der Waals surface area contributed by atoms with Crippen molar-refractivity contribution in [2.75, 3.05) is 12.8 Å². The van der Waals surface area contributed by atoms with Crippen molar-refractivity contribution >= 4 is 13.3 Å². The van der Waals surface area contributed by atoms with Crippen LogP contribution in [0.15, 0.2) is 18.2 Å². The predicted octanol–water partition coefficient (Wildman–Crippen LogP) is 3.25. The minimum absolute atomic E-state index is 0.00318. The fourth-order valence-electron chi connectivity index (χ4n) is 1.42. The molecule has 0 heterocycles. The van der Waals surface area contributed by atoms with Crippen molar-refractivity contribution in [3.05, 3.63) is 33.9 Å². The fraction of sp³-hybridized carbons (Fsp3) is 0.455. The fourth-order valence-corrected chi connectivity index (χ4v) is 2.02. The number of hydrogen-bond acceptors (Lipinski definition) is 4. The van der Waals surface area contributed by atoms with E-state index < -0.39 is 25.1 Å². The Bertz CT molecular complexity index is 522. The lowest BCUT2D eigenvalue weighted by molar-refractivity contribution is -0.384. The molecular formula is C11H15FNO5P. The van der Waals surface area contributed by atoms with Crippen LogP contribution >= 0.6 is 7.60 Å². The molecule has 106 valence electrons. The van der Waals surface area contributed by atoms with Gasteiger partial charge in [0.1, 0.15) is 5.75 Å². The number of hydrogen-bond donors (Lipinski definition) is 1. The zero-order chi connectivity index (χ0) is 14.6. The van der Waals surface area contributed by atoms with Crippen LogP contribution in [0.1, 0.15) is 25.3 Å². The lowest BCUT2D eigenvalue weighted by Crippen LogP contribution is -2.03. The zero-order valence-corrected chi connectivity index (χ0v) is 11.5. The van der Waals surface area contributed by atoms with Gasteiger partial charge < -0.3 is 9.42 Å². The van der Waals surface area contributed by atoms with Crippen LogP contribution in [0.3, 0.4) is 0 Å². The minimum atomic E-state index is -3.80. The minimum Gasteiger partial charge on any atom is -0.424 e. The highest BCUT2D eigenvalue weighted by molar-refractivity contribution is 7.53. The van der Waals surface area contributed by atoms with Gasteiger partial charge in [-0.15, -0.1) is 0 Å². The Hall–Kier alpha value is -1.46. The quantitative estimate of drug-likeness (QED) is 0.493. The van der Waals surface area contributed by atoms with Crippen molar-refractivity contribution in [3.8, 4) is 5.75 Å². The summed E-state index contributed by atoms with van der Waals surface area (Å²) in [6.45, 7) is 2.24. The highest BCUT2D eigenvalue weighted by atomic mass is 31.2. The van der Waals surface area contributed by atoms with Crippen LogP contribution in [0.4, 0.5) is 10.1 Å². The average Bonchev–Trinajstić information content (AvgIpc) is 2.37. The summed E-state index contributed by atoms with van der Waals surface area (Å²) < 4.78 is 29.2. The average molecular weight is 291 g/mol. The van der Waals surface area contributed by atoms with Crippen LogP contribution in [0.2, 0.25) is 0 Å². The molecular weight excluding hydrogens is 276 g/mol. The number of non-ortho nitro benzene ring substituents is 1. The van der Waals surface area contributed by atoms with E-state index in [0.717, 1.165) is 12.1 Å². The van der Waals surface area contributed by atoms with E-state index in [1.165, 1.54) is 19.9 Å². The van der Waals surface area contributed by atoms with Crippen LogP contribution in [0.5, 0.6) is 5.75 Å². The van der Waals surface area contributed by atoms with E-state index in [1.807, 2.05) is 0 Å². The Morgan fingerprint density at radius 1 is 1.58 bits per heavy atom. The van der Waals surface area contributed by atoms with Crippen molar-refractivity contribution in [1.29, 1.82) is 0 Å². The molecule has 6 nitrogen and oxygen atoms in total. The van der Waals surface area contributed by atoms with Gasteiger partial charge in [-0.2, -0.15) is 0 Å². The van der Waals surface area contributed by atoms with Gasteiger partial charge in [0.25, 0.3) is 5.69 Å². The second kappa shape index (κ2) is 6.12. The third-order valence-corrected chi connectivity index (χ3v) is 3.89. The second-order valence-electron chi connectivity index (χ2n) is 4.08. The topological polar surface area (TPSA) is 89.7 Å². The molecule has 1 aromatic rings. The maximum Gasteiger partial charge on any atom is 0.376 e. The first-order chi connectivity index (χ1) is 8.80. The summed E-state index contributed by atoms with van der Waals surface area (Å²) in [7, 11) is -3.80. The molecule has 0 aliphatic rings. The summed E-state index contributed by atoms with van der Waals surface area (Å²) >= 11 is 0. The van der Waals surface area contributed by atoms with Crippen molar-refractivity contribution in [2.24, 2.45) is 0 Å². The first-order valence-corrected chi connectivity index (χ1v) is 7.42. The number of alkyl halides is 1. The summed E-state index contributed by atoms with van der Waals surface area (Å²) in [5.41, 5.74) is -0.00801. The normalized spacial score (nSPS) is 15.6. The van der Waals surface area contributed by atoms with E-state index >= 15 is 0 Å². The van der Waals surface area contributed by atoms with E-state index in [-0.39, 0.29) is 23.2 Å². The van der Waals surface area contributed by atoms with Crippen molar-refractivity contribution in [3.63, 3.8) is 0 Å². The van der Waals surface area contributed by atoms with Crippen molar-refractivity contribution in [1.82, 2.24) is 0 Å². The highest BCUT2D eigenvalue weighted by Gasteiger charge is 2.23. The molecule has 19 heavy (non-hydrogen) atoms. The third kappa shape index (κ3) is 4.01. The van der Waals surface area contributed by atoms with Gasteiger partial charge in [0.05, 0.1) is 17.8 Å². The number of nitro benzene ring substituents is 1. The lowest BCUT2D eigenvalue weighted by Gasteiger charge is -2.17. The standard InChI is InChI=1S/C11H15FNO5P/c1-3-19(16,17)18-11-5-4-9(13(14)15)6-10(11)8(2)7-12/h4-6,8H,3,7H2,1-2H3,(H,16,17). The van der Waals surface area contributed by atoms with Gasteiger partial charge in [-0.1, -0.05) is 13.8 Å². The molecule has 0 fully saturated rings. The Morgan fingerprint density at radius 3 is 2.68 bits per heavy atom. The van der Waals surface area contributed by atoms with Gasteiger partial charge in [0.15, 0.2) is 0 Å². The molecule has 1 aromatic carbocycles. The third-order valence-electron chi connectivity index (χ3n) is 2.61. The Balaban J connectivity index is 3.23. The number of rotatable bonds is 6. The Kier molecular flexibility index (Phi) is 5.03. The Morgan fingerprint density at radius 2 is 2.21 bits per heavy atom. The van der Waals surface area contributed by atoms with E-state index in [2.05, 4.69) is 0 Å². The van der Waals surface area contributed by atoms with E-state index in [4.69, 9.17) is 4.52 Å². The van der Waals surface area contributed by atoms with Crippen LogP contribution in [0.25, 0.3) is 0 Å². The van der Waals surface area contributed by atoms with Crippen molar-refractivity contribution < 1.29 is 23.3 Å². The first-order valence-electron chi connectivity index (χ1n) is 5.66. The van der Waals surface area contributed by atoms with E-state index in [0.29, 0.717) is 0 Å². The largest absolute Gasteiger partial charge is 0.424 e. The van der Waals surface area contributed by atoms with Gasteiger partial charge in [-0.3, -0.25) is 14.5 Å². The molecule has 0 amide bonds. The van der Waals surface area contributed by atoms with Crippen LogP contribution < -0.4 is 4.52 Å². The molecule has 0 aromatic heterocycles. The Labute approximate surface area is 109 Å². The first kappa shape index (κ1) is 15.6. The van der Waals surface area contributed by atoms with Gasteiger partial charge >= 0.3 is 7.60 Å². The maximum absolute atomic E-state index is 12.7. The summed E-state index contributed by atoms with van der Waals surface area (Å²) in [4.78, 5) is 19.5. The molecule has 0 spiro atoms. The molecule has 0 saturated carbocycles. The smallest absolute Gasteiger partial charge is 0.376 e. The van der Waals surface area contributed by atoms with Crippen LogP contribution in [0, 0.1) is 10.1 Å². The lowest BCUT2D eigenvalue weighted by atomic mass is 10.0. The predicted molar refractivity (Wildman–Crippen MR) is 68.5 cm³/mol. The molecule has 0 radical (unpaired) electrons. The molecule has 2 unspecified atom stereocenters. The molecule has 0 saturated heterocycles. The monoisotopic (exact) mass is 291 g/mol. The zero-order valence-electron chi connectivity index (χ0n) is 10.6. The molecule has 2 atom stereocenters. The second-order valence-corrected chi connectivity index (χ2v) is 6.17. The summed E-state index contributed by atoms with van der Waals surface area (Å²) in [5.74, 6) is -0.657. The molecule has 1 N–H and O–H groups in total. The van der Waals surface area contributed by atoms with Gasteiger partial charge in [0, 0.05) is 23.6 Å². The number of benzene rings is 1. The summed E-state index contributed by atoms with van der Waals surface area (Å²) in [6, 6.07) is 3.53. The van der Waals surface area contributed by atoms with Crippen LogP contribution in [-0.2, 0) is 4.57 Å². The SMILES string of the molecule is CCP(=O)(O)Oc1ccc([N+](=O)[O-])cc1C(C)CF. The van der Waals surface area contributed by atoms with Gasteiger partial charge in [-0.25, -0.2) is 4.57 Å². The number of nitro groups is 1. The maximum atomic E-state index is 12.7. The molecule has 0 aliphatic heterocycles. The molecule has 8 heteroatoms. The van der Waals surface area contributed by atoms with E-state index in [9.17, 15) is 24.0 Å². The number of nitrogens with zero attached hydrogens (tertiary/aromatic N) is 1.